The maximum atomic E-state index is 6.19. The molecule has 0 aliphatic heterocycles. The Hall–Kier alpha value is -0.0500. The van der Waals surface area contributed by atoms with Crippen LogP contribution in [0.3, 0.4) is 0 Å². The summed E-state index contributed by atoms with van der Waals surface area (Å²) >= 11 is 13.6. The molecule has 2 aromatic rings. The highest BCUT2D eigenvalue weighted by atomic mass is 79.9. The SMILES string of the molecule is Clc1ccc2c3c(cccc13)[C@@H](Br)[C@H]2Br. The van der Waals surface area contributed by atoms with Gasteiger partial charge >= 0.3 is 0 Å². The van der Waals surface area contributed by atoms with Gasteiger partial charge in [-0.3, -0.25) is 0 Å². The van der Waals surface area contributed by atoms with Crippen molar-refractivity contribution in [1.82, 2.24) is 0 Å². The quantitative estimate of drug-likeness (QED) is 0.562. The van der Waals surface area contributed by atoms with Gasteiger partial charge in [0.05, 0.1) is 9.65 Å². The molecule has 0 radical (unpaired) electrons. The zero-order chi connectivity index (χ0) is 10.6. The van der Waals surface area contributed by atoms with Crippen LogP contribution in [0.1, 0.15) is 20.8 Å². The molecule has 2 aromatic carbocycles. The van der Waals surface area contributed by atoms with Gasteiger partial charge in [0.25, 0.3) is 0 Å². The van der Waals surface area contributed by atoms with E-state index < -0.39 is 0 Å². The lowest BCUT2D eigenvalue weighted by atomic mass is 10.1. The van der Waals surface area contributed by atoms with Gasteiger partial charge in [-0.15, -0.1) is 0 Å². The molecule has 0 N–H and O–H groups in total. The summed E-state index contributed by atoms with van der Waals surface area (Å²) in [5, 5.41) is 3.28. The van der Waals surface area contributed by atoms with E-state index in [1.165, 1.54) is 16.5 Å². The standard InChI is InChI=1S/C12H7Br2Cl/c13-11-7-3-1-2-6-9(15)5-4-8(10(6)7)12(11)14/h1-5,11-12H/t11-,12+/m1/s1. The zero-order valence-corrected chi connectivity index (χ0v) is 11.6. The van der Waals surface area contributed by atoms with Crippen LogP contribution in [0.4, 0.5) is 0 Å². The first kappa shape index (κ1) is 10.1. The summed E-state index contributed by atoms with van der Waals surface area (Å²) in [7, 11) is 0. The summed E-state index contributed by atoms with van der Waals surface area (Å²) in [6.07, 6.45) is 0. The molecule has 0 aromatic heterocycles. The van der Waals surface area contributed by atoms with E-state index in [0.717, 1.165) is 10.4 Å². The van der Waals surface area contributed by atoms with E-state index in [1.54, 1.807) is 0 Å². The minimum atomic E-state index is 0.342. The van der Waals surface area contributed by atoms with Gasteiger partial charge in [0.2, 0.25) is 0 Å². The van der Waals surface area contributed by atoms with Crippen LogP contribution < -0.4 is 0 Å². The highest BCUT2D eigenvalue weighted by Gasteiger charge is 2.30. The lowest BCUT2D eigenvalue weighted by molar-refractivity contribution is 0.999. The average molecular weight is 346 g/mol. The van der Waals surface area contributed by atoms with Crippen molar-refractivity contribution in [2.75, 3.05) is 0 Å². The lowest BCUT2D eigenvalue weighted by Crippen LogP contribution is -1.87. The number of halogens is 3. The van der Waals surface area contributed by atoms with Crippen molar-refractivity contribution in [1.29, 1.82) is 0 Å². The van der Waals surface area contributed by atoms with E-state index in [-0.39, 0.29) is 0 Å². The molecule has 0 nitrogen and oxygen atoms in total. The predicted molar refractivity (Wildman–Crippen MR) is 72.3 cm³/mol. The first-order valence-electron chi connectivity index (χ1n) is 4.69. The van der Waals surface area contributed by atoms with Crippen LogP contribution in [-0.4, -0.2) is 0 Å². The maximum Gasteiger partial charge on any atom is 0.0567 e. The van der Waals surface area contributed by atoms with E-state index in [0.29, 0.717) is 9.65 Å². The van der Waals surface area contributed by atoms with Crippen LogP contribution in [0.15, 0.2) is 30.3 Å². The van der Waals surface area contributed by atoms with Crippen molar-refractivity contribution in [3.05, 3.63) is 46.5 Å². The smallest absolute Gasteiger partial charge is 0.0567 e. The Balaban J connectivity index is 2.51. The third-order valence-electron chi connectivity index (χ3n) is 2.90. The van der Waals surface area contributed by atoms with Crippen molar-refractivity contribution in [2.45, 2.75) is 9.65 Å². The van der Waals surface area contributed by atoms with Gasteiger partial charge in [0.15, 0.2) is 0 Å². The molecule has 0 amide bonds. The fourth-order valence-electron chi connectivity index (χ4n) is 2.20. The molecule has 0 unspecified atom stereocenters. The highest BCUT2D eigenvalue weighted by Crippen LogP contribution is 2.53. The summed E-state index contributed by atoms with van der Waals surface area (Å²) in [5.74, 6) is 0. The van der Waals surface area contributed by atoms with Crippen LogP contribution >= 0.6 is 43.5 Å². The van der Waals surface area contributed by atoms with Gasteiger partial charge < -0.3 is 0 Å². The van der Waals surface area contributed by atoms with Crippen LogP contribution in [0.25, 0.3) is 10.8 Å². The second-order valence-electron chi connectivity index (χ2n) is 3.71. The summed E-state index contributed by atoms with van der Waals surface area (Å²) in [6, 6.07) is 10.4. The van der Waals surface area contributed by atoms with Gasteiger partial charge in [0.1, 0.15) is 0 Å². The monoisotopic (exact) mass is 344 g/mol. The van der Waals surface area contributed by atoms with E-state index in [9.17, 15) is 0 Å². The molecule has 0 fully saturated rings. The first-order valence-corrected chi connectivity index (χ1v) is 6.90. The van der Waals surface area contributed by atoms with Crippen molar-refractivity contribution >= 4 is 54.2 Å². The molecule has 0 saturated carbocycles. The molecular weight excluding hydrogens is 339 g/mol. The lowest BCUT2D eigenvalue weighted by Gasteiger charge is -2.06. The molecule has 1 aliphatic rings. The van der Waals surface area contributed by atoms with E-state index in [2.05, 4.69) is 56.1 Å². The van der Waals surface area contributed by atoms with E-state index in [4.69, 9.17) is 11.6 Å². The molecule has 3 heteroatoms. The second-order valence-corrected chi connectivity index (χ2v) is 6.09. The normalized spacial score (nSPS) is 23.7. The van der Waals surface area contributed by atoms with Crippen LogP contribution in [0.5, 0.6) is 0 Å². The molecule has 15 heavy (non-hydrogen) atoms. The van der Waals surface area contributed by atoms with Gasteiger partial charge in [-0.2, -0.15) is 0 Å². The fourth-order valence-corrected chi connectivity index (χ4v) is 3.76. The van der Waals surface area contributed by atoms with Gasteiger partial charge in [0, 0.05) is 10.4 Å². The predicted octanol–water partition coefficient (Wildman–Crippen LogP) is 5.38. The van der Waals surface area contributed by atoms with E-state index in [1.807, 2.05) is 6.07 Å². The molecule has 3 rings (SSSR count). The summed E-state index contributed by atoms with van der Waals surface area (Å²) in [5.41, 5.74) is 2.65. The summed E-state index contributed by atoms with van der Waals surface area (Å²) < 4.78 is 0. The topological polar surface area (TPSA) is 0 Å². The maximum absolute atomic E-state index is 6.19. The average Bonchev–Trinajstić information content (AvgIpc) is 2.50. The number of rotatable bonds is 0. The van der Waals surface area contributed by atoms with Crippen LogP contribution in [0, 0.1) is 0 Å². The minimum Gasteiger partial charge on any atom is -0.0837 e. The zero-order valence-electron chi connectivity index (χ0n) is 7.68. The summed E-state index contributed by atoms with van der Waals surface area (Å²) in [6.45, 7) is 0. The van der Waals surface area contributed by atoms with Crippen LogP contribution in [0.2, 0.25) is 5.02 Å². The Bertz CT molecular complexity index is 536. The Morgan fingerprint density at radius 1 is 0.933 bits per heavy atom. The molecule has 2 atom stereocenters. The number of benzene rings is 2. The van der Waals surface area contributed by atoms with Gasteiger partial charge in [-0.1, -0.05) is 67.7 Å². The third kappa shape index (κ3) is 1.31. The number of hydrogen-bond acceptors (Lipinski definition) is 0. The van der Waals surface area contributed by atoms with Crippen LogP contribution in [-0.2, 0) is 0 Å². The van der Waals surface area contributed by atoms with Gasteiger partial charge in [-0.25, -0.2) is 0 Å². The number of alkyl halides is 2. The van der Waals surface area contributed by atoms with Crippen molar-refractivity contribution in [3.8, 4) is 0 Å². The van der Waals surface area contributed by atoms with Gasteiger partial charge in [-0.05, 0) is 22.6 Å². The third-order valence-corrected chi connectivity index (χ3v) is 5.99. The second kappa shape index (κ2) is 3.47. The molecule has 0 heterocycles. The van der Waals surface area contributed by atoms with Crippen molar-refractivity contribution < 1.29 is 0 Å². The Labute approximate surface area is 110 Å². The Kier molecular flexibility index (Phi) is 2.35. The molecule has 76 valence electrons. The van der Waals surface area contributed by atoms with Crippen molar-refractivity contribution in [3.63, 3.8) is 0 Å². The molecule has 1 aliphatic carbocycles. The number of hydrogen-bond donors (Lipinski definition) is 0. The van der Waals surface area contributed by atoms with Crippen molar-refractivity contribution in [2.24, 2.45) is 0 Å². The fraction of sp³-hybridized carbons (Fsp3) is 0.167. The summed E-state index contributed by atoms with van der Waals surface area (Å²) in [4.78, 5) is 0.685. The molecule has 0 saturated heterocycles. The molecular formula is C12H7Br2Cl. The largest absolute Gasteiger partial charge is 0.0837 e. The Morgan fingerprint density at radius 2 is 1.60 bits per heavy atom. The van der Waals surface area contributed by atoms with E-state index >= 15 is 0 Å². The molecule has 0 spiro atoms. The highest BCUT2D eigenvalue weighted by molar-refractivity contribution is 9.12. The Morgan fingerprint density at radius 3 is 2.33 bits per heavy atom. The first-order chi connectivity index (χ1) is 7.20. The molecule has 0 bridgehead atoms. The minimum absolute atomic E-state index is 0.342.